The molecule has 0 atom stereocenters. The zero-order chi connectivity index (χ0) is 14.8. The molecule has 4 nitrogen and oxygen atoms in total. The Morgan fingerprint density at radius 2 is 2.15 bits per heavy atom. The van der Waals surface area contributed by atoms with E-state index in [0.29, 0.717) is 21.6 Å². The molecule has 5 heteroatoms. The van der Waals surface area contributed by atoms with Gasteiger partial charge in [-0.05, 0) is 65.7 Å². The van der Waals surface area contributed by atoms with Gasteiger partial charge in [-0.15, -0.1) is 0 Å². The summed E-state index contributed by atoms with van der Waals surface area (Å²) in [5.74, 6) is 0.471. The molecule has 0 unspecified atom stereocenters. The Balaban J connectivity index is 2.15. The van der Waals surface area contributed by atoms with Gasteiger partial charge in [-0.2, -0.15) is 0 Å². The molecule has 1 aliphatic carbocycles. The van der Waals surface area contributed by atoms with Gasteiger partial charge < -0.3 is 16.2 Å². The number of amides is 1. The van der Waals surface area contributed by atoms with Crippen molar-refractivity contribution >= 4 is 27.5 Å². The molecule has 0 spiro atoms. The van der Waals surface area contributed by atoms with Gasteiger partial charge in [-0.25, -0.2) is 0 Å². The van der Waals surface area contributed by atoms with Gasteiger partial charge >= 0.3 is 0 Å². The molecule has 1 aromatic carbocycles. The van der Waals surface area contributed by atoms with Crippen LogP contribution < -0.4 is 11.1 Å². The van der Waals surface area contributed by atoms with Crippen LogP contribution in [-0.2, 0) is 0 Å². The fraction of sp³-hybridized carbons (Fsp3) is 0.533. The van der Waals surface area contributed by atoms with E-state index in [-0.39, 0.29) is 12.5 Å². The number of aliphatic hydroxyl groups is 1. The third-order valence-corrected chi connectivity index (χ3v) is 4.84. The van der Waals surface area contributed by atoms with E-state index in [0.717, 1.165) is 25.7 Å². The van der Waals surface area contributed by atoms with E-state index < -0.39 is 5.54 Å². The first kappa shape index (κ1) is 15.3. The Morgan fingerprint density at radius 1 is 1.50 bits per heavy atom. The van der Waals surface area contributed by atoms with Crippen LogP contribution in [0.4, 0.5) is 5.69 Å². The number of halogens is 1. The molecule has 20 heavy (non-hydrogen) atoms. The minimum atomic E-state index is -0.492. The van der Waals surface area contributed by atoms with Crippen LogP contribution in [0.1, 0.15) is 43.0 Å². The molecule has 2 rings (SSSR count). The van der Waals surface area contributed by atoms with Crippen LogP contribution in [0.25, 0.3) is 0 Å². The summed E-state index contributed by atoms with van der Waals surface area (Å²) in [5, 5.41) is 12.7. The van der Waals surface area contributed by atoms with Crippen LogP contribution in [0.2, 0.25) is 0 Å². The number of anilines is 1. The van der Waals surface area contributed by atoms with Crippen molar-refractivity contribution in [1.29, 1.82) is 0 Å². The molecule has 0 aliphatic heterocycles. The molecule has 1 aliphatic rings. The van der Waals surface area contributed by atoms with Gasteiger partial charge in [0.15, 0.2) is 0 Å². The lowest BCUT2D eigenvalue weighted by molar-refractivity contribution is 0.0716. The molecule has 1 aromatic rings. The van der Waals surface area contributed by atoms with Gasteiger partial charge in [0, 0.05) is 10.2 Å². The van der Waals surface area contributed by atoms with Crippen molar-refractivity contribution in [3.05, 3.63) is 28.2 Å². The van der Waals surface area contributed by atoms with Crippen LogP contribution in [-0.4, -0.2) is 23.2 Å². The molecule has 0 radical (unpaired) electrons. The second kappa shape index (κ2) is 6.14. The summed E-state index contributed by atoms with van der Waals surface area (Å²) in [5.41, 5.74) is 6.30. The zero-order valence-corrected chi connectivity index (χ0v) is 13.2. The smallest absolute Gasteiger partial charge is 0.253 e. The number of hydrogen-bond donors (Lipinski definition) is 3. The van der Waals surface area contributed by atoms with Gasteiger partial charge in [0.2, 0.25) is 0 Å². The van der Waals surface area contributed by atoms with E-state index in [4.69, 9.17) is 5.73 Å². The van der Waals surface area contributed by atoms with Crippen molar-refractivity contribution in [3.8, 4) is 0 Å². The Morgan fingerprint density at radius 3 is 2.75 bits per heavy atom. The summed E-state index contributed by atoms with van der Waals surface area (Å²) in [4.78, 5) is 12.4. The quantitative estimate of drug-likeness (QED) is 0.740. The molecular weight excluding hydrogens is 320 g/mol. The second-order valence-electron chi connectivity index (χ2n) is 5.81. The first-order chi connectivity index (χ1) is 9.46. The van der Waals surface area contributed by atoms with Crippen molar-refractivity contribution in [2.75, 3.05) is 12.3 Å². The van der Waals surface area contributed by atoms with Crippen molar-refractivity contribution in [3.63, 3.8) is 0 Å². The van der Waals surface area contributed by atoms with Gasteiger partial charge in [-0.3, -0.25) is 4.79 Å². The number of nitrogens with one attached hydrogen (secondary N) is 1. The fourth-order valence-corrected chi connectivity index (χ4v) is 3.09. The number of nitrogen functional groups attached to an aromatic ring is 1. The van der Waals surface area contributed by atoms with Crippen molar-refractivity contribution in [2.45, 2.75) is 38.1 Å². The van der Waals surface area contributed by atoms with Gasteiger partial charge in [0.1, 0.15) is 0 Å². The Hall–Kier alpha value is -1.07. The topological polar surface area (TPSA) is 75.3 Å². The molecule has 1 fully saturated rings. The molecule has 0 aromatic heterocycles. The SMILES string of the molecule is CC1CCC(CO)(NC(=O)c2cc(N)ccc2Br)CC1. The highest BCUT2D eigenvalue weighted by Crippen LogP contribution is 2.32. The molecule has 4 N–H and O–H groups in total. The average Bonchev–Trinajstić information content (AvgIpc) is 2.44. The molecule has 1 saturated carbocycles. The van der Waals surface area contributed by atoms with Gasteiger partial charge in [0.25, 0.3) is 5.91 Å². The molecule has 0 saturated heterocycles. The first-order valence-corrected chi connectivity index (χ1v) is 7.73. The highest BCUT2D eigenvalue weighted by molar-refractivity contribution is 9.10. The maximum absolute atomic E-state index is 12.4. The number of carbonyl (C=O) groups is 1. The molecule has 110 valence electrons. The van der Waals surface area contributed by atoms with E-state index in [1.165, 1.54) is 0 Å². The van der Waals surface area contributed by atoms with Gasteiger partial charge in [-0.1, -0.05) is 6.92 Å². The second-order valence-corrected chi connectivity index (χ2v) is 6.67. The maximum Gasteiger partial charge on any atom is 0.253 e. The van der Waals surface area contributed by atoms with Crippen LogP contribution in [0.5, 0.6) is 0 Å². The van der Waals surface area contributed by atoms with E-state index >= 15 is 0 Å². The van der Waals surface area contributed by atoms with Crippen LogP contribution in [0.15, 0.2) is 22.7 Å². The third-order valence-electron chi connectivity index (χ3n) is 4.15. The van der Waals surface area contributed by atoms with E-state index in [2.05, 4.69) is 28.2 Å². The van der Waals surface area contributed by atoms with Crippen molar-refractivity contribution < 1.29 is 9.90 Å². The third kappa shape index (κ3) is 3.33. The number of rotatable bonds is 3. The minimum absolute atomic E-state index is 0.0224. The molecule has 0 bridgehead atoms. The highest BCUT2D eigenvalue weighted by Gasteiger charge is 2.35. The monoisotopic (exact) mass is 340 g/mol. The van der Waals surface area contributed by atoms with Crippen molar-refractivity contribution in [2.24, 2.45) is 5.92 Å². The lowest BCUT2D eigenvalue weighted by Crippen LogP contribution is -2.53. The van der Waals surface area contributed by atoms with Crippen molar-refractivity contribution in [1.82, 2.24) is 5.32 Å². The van der Waals surface area contributed by atoms with E-state index in [9.17, 15) is 9.90 Å². The summed E-state index contributed by atoms with van der Waals surface area (Å²) in [6.07, 6.45) is 3.69. The number of benzene rings is 1. The van der Waals surface area contributed by atoms with Gasteiger partial charge in [0.05, 0.1) is 17.7 Å². The lowest BCUT2D eigenvalue weighted by Gasteiger charge is -2.38. The lowest BCUT2D eigenvalue weighted by atomic mass is 9.77. The largest absolute Gasteiger partial charge is 0.399 e. The molecular formula is C15H21BrN2O2. The maximum atomic E-state index is 12.4. The predicted octanol–water partition coefficient (Wildman–Crippen LogP) is 2.70. The number of carbonyl (C=O) groups excluding carboxylic acids is 1. The fourth-order valence-electron chi connectivity index (χ4n) is 2.66. The first-order valence-electron chi connectivity index (χ1n) is 6.94. The minimum Gasteiger partial charge on any atom is -0.399 e. The van der Waals surface area contributed by atoms with Crippen LogP contribution >= 0.6 is 15.9 Å². The standard InChI is InChI=1S/C15H21BrN2O2/c1-10-4-6-15(9-19,7-5-10)18-14(20)12-8-11(17)2-3-13(12)16/h2-3,8,10,19H,4-7,9,17H2,1H3,(H,18,20). The van der Waals surface area contributed by atoms with Crippen LogP contribution in [0.3, 0.4) is 0 Å². The van der Waals surface area contributed by atoms with Crippen LogP contribution in [0, 0.1) is 5.92 Å². The summed E-state index contributed by atoms with van der Waals surface area (Å²) in [6.45, 7) is 2.18. The number of nitrogens with two attached hydrogens (primary N) is 1. The predicted molar refractivity (Wildman–Crippen MR) is 83.5 cm³/mol. The Bertz CT molecular complexity index is 497. The van der Waals surface area contributed by atoms with E-state index in [1.54, 1.807) is 18.2 Å². The Labute approximate surface area is 127 Å². The normalized spacial score (nSPS) is 26.2. The average molecular weight is 341 g/mol. The van der Waals surface area contributed by atoms with E-state index in [1.807, 2.05) is 0 Å². The Kier molecular flexibility index (Phi) is 4.70. The highest BCUT2D eigenvalue weighted by atomic mass is 79.9. The summed E-state index contributed by atoms with van der Waals surface area (Å²) in [6, 6.07) is 5.15. The molecule has 1 amide bonds. The molecule has 0 heterocycles. The number of hydrogen-bond acceptors (Lipinski definition) is 3. The zero-order valence-electron chi connectivity index (χ0n) is 11.7. The summed E-state index contributed by atoms with van der Waals surface area (Å²) in [7, 11) is 0. The number of aliphatic hydroxyl groups excluding tert-OH is 1. The summed E-state index contributed by atoms with van der Waals surface area (Å²) >= 11 is 3.37. The summed E-state index contributed by atoms with van der Waals surface area (Å²) < 4.78 is 0.710.